The second-order valence-corrected chi connectivity index (χ2v) is 5.07. The summed E-state index contributed by atoms with van der Waals surface area (Å²) >= 11 is 0. The number of nitrogens with two attached hydrogens (primary N) is 1. The summed E-state index contributed by atoms with van der Waals surface area (Å²) in [4.78, 5) is 14.1. The first-order chi connectivity index (χ1) is 7.66. The van der Waals surface area contributed by atoms with Gasteiger partial charge in [-0.2, -0.15) is 0 Å². The molecule has 2 N–H and O–H groups in total. The maximum Gasteiger partial charge on any atom is 0.225 e. The van der Waals surface area contributed by atoms with Crippen molar-refractivity contribution in [3.05, 3.63) is 0 Å². The van der Waals surface area contributed by atoms with Gasteiger partial charge in [0.05, 0.1) is 0 Å². The Hall–Kier alpha value is -0.570. The quantitative estimate of drug-likeness (QED) is 0.781. The monoisotopic (exact) mass is 226 g/mol. The summed E-state index contributed by atoms with van der Waals surface area (Å²) in [7, 11) is 1.97. The van der Waals surface area contributed by atoms with Crippen LogP contribution in [0, 0.1) is 5.92 Å². The molecule has 3 nitrogen and oxygen atoms in total. The van der Waals surface area contributed by atoms with Crippen molar-refractivity contribution in [1.82, 2.24) is 4.90 Å². The Kier molecular flexibility index (Phi) is 5.81. The molecule has 0 aromatic heterocycles. The van der Waals surface area contributed by atoms with Crippen molar-refractivity contribution in [2.75, 3.05) is 13.6 Å². The normalized spacial score (nSPS) is 19.4. The number of carbonyl (C=O) groups excluding carboxylic acids is 1. The zero-order valence-corrected chi connectivity index (χ0v) is 10.7. The van der Waals surface area contributed by atoms with E-state index < -0.39 is 0 Å². The molecular weight excluding hydrogens is 200 g/mol. The van der Waals surface area contributed by atoms with Crippen LogP contribution in [0.3, 0.4) is 0 Å². The van der Waals surface area contributed by atoms with Crippen LogP contribution in [0.4, 0.5) is 0 Å². The van der Waals surface area contributed by atoms with Crippen LogP contribution in [0.5, 0.6) is 0 Å². The van der Waals surface area contributed by atoms with Crippen molar-refractivity contribution in [3.63, 3.8) is 0 Å². The second-order valence-electron chi connectivity index (χ2n) is 5.07. The molecule has 94 valence electrons. The molecule has 0 aliphatic heterocycles. The van der Waals surface area contributed by atoms with E-state index in [1.54, 1.807) is 0 Å². The van der Waals surface area contributed by atoms with E-state index >= 15 is 0 Å². The molecule has 0 spiro atoms. The molecule has 0 aromatic rings. The van der Waals surface area contributed by atoms with Gasteiger partial charge >= 0.3 is 0 Å². The molecular formula is C13H26N2O. The fourth-order valence-corrected chi connectivity index (χ4v) is 2.54. The lowest BCUT2D eigenvalue weighted by atomic mass is 9.93. The molecule has 1 amide bonds. The lowest BCUT2D eigenvalue weighted by Gasteiger charge is -2.33. The Morgan fingerprint density at radius 1 is 1.38 bits per heavy atom. The van der Waals surface area contributed by atoms with Gasteiger partial charge in [0.1, 0.15) is 0 Å². The molecule has 1 unspecified atom stereocenters. The highest BCUT2D eigenvalue weighted by Crippen LogP contribution is 2.23. The smallest absolute Gasteiger partial charge is 0.225 e. The number of hydrogen-bond donors (Lipinski definition) is 1. The number of carbonyl (C=O) groups is 1. The Morgan fingerprint density at radius 2 is 2.00 bits per heavy atom. The topological polar surface area (TPSA) is 46.3 Å². The van der Waals surface area contributed by atoms with Crippen LogP contribution < -0.4 is 5.73 Å². The number of hydrogen-bond acceptors (Lipinski definition) is 2. The molecule has 0 aromatic carbocycles. The summed E-state index contributed by atoms with van der Waals surface area (Å²) in [5.74, 6) is 0.441. The SMILES string of the molecule is CC(CCCN)C(=O)N(C)C1CCCCC1. The van der Waals surface area contributed by atoms with E-state index in [1.807, 2.05) is 18.9 Å². The van der Waals surface area contributed by atoms with E-state index in [4.69, 9.17) is 5.73 Å². The van der Waals surface area contributed by atoms with Crippen LogP contribution in [-0.4, -0.2) is 30.4 Å². The zero-order valence-electron chi connectivity index (χ0n) is 10.7. The van der Waals surface area contributed by atoms with E-state index in [9.17, 15) is 4.79 Å². The molecule has 1 atom stereocenters. The van der Waals surface area contributed by atoms with Crippen LogP contribution in [-0.2, 0) is 4.79 Å². The molecule has 1 aliphatic carbocycles. The molecule has 1 saturated carbocycles. The van der Waals surface area contributed by atoms with Crippen molar-refractivity contribution in [3.8, 4) is 0 Å². The molecule has 0 radical (unpaired) electrons. The predicted molar refractivity (Wildman–Crippen MR) is 67.1 cm³/mol. The molecule has 1 fully saturated rings. The third-order valence-corrected chi connectivity index (χ3v) is 3.73. The highest BCUT2D eigenvalue weighted by atomic mass is 16.2. The van der Waals surface area contributed by atoms with Gasteiger partial charge in [-0.1, -0.05) is 26.2 Å². The summed E-state index contributed by atoms with van der Waals surface area (Å²) in [6.07, 6.45) is 8.13. The Balaban J connectivity index is 2.38. The third-order valence-electron chi connectivity index (χ3n) is 3.73. The Labute approximate surface area is 99.4 Å². The van der Waals surface area contributed by atoms with Gasteiger partial charge in [-0.3, -0.25) is 4.79 Å². The predicted octanol–water partition coefficient (Wildman–Crippen LogP) is 2.15. The largest absolute Gasteiger partial charge is 0.343 e. The summed E-state index contributed by atoms with van der Waals surface area (Å²) in [5.41, 5.74) is 5.47. The first-order valence-electron chi connectivity index (χ1n) is 6.63. The molecule has 16 heavy (non-hydrogen) atoms. The second kappa shape index (κ2) is 6.89. The zero-order chi connectivity index (χ0) is 12.0. The van der Waals surface area contributed by atoms with Gasteiger partial charge in [0, 0.05) is 19.0 Å². The van der Waals surface area contributed by atoms with E-state index in [0.29, 0.717) is 18.5 Å². The number of rotatable bonds is 5. The molecule has 1 aliphatic rings. The van der Waals surface area contributed by atoms with Crippen molar-refractivity contribution >= 4 is 5.91 Å². The van der Waals surface area contributed by atoms with Gasteiger partial charge in [0.15, 0.2) is 0 Å². The average molecular weight is 226 g/mol. The van der Waals surface area contributed by atoms with Gasteiger partial charge < -0.3 is 10.6 Å². The minimum Gasteiger partial charge on any atom is -0.343 e. The number of nitrogens with zero attached hydrogens (tertiary/aromatic N) is 1. The van der Waals surface area contributed by atoms with Crippen LogP contribution in [0.15, 0.2) is 0 Å². The van der Waals surface area contributed by atoms with Crippen LogP contribution >= 0.6 is 0 Å². The Bertz CT molecular complexity index is 212. The lowest BCUT2D eigenvalue weighted by Crippen LogP contribution is -2.41. The highest BCUT2D eigenvalue weighted by molar-refractivity contribution is 5.78. The van der Waals surface area contributed by atoms with Crippen molar-refractivity contribution in [2.45, 2.75) is 57.9 Å². The summed E-state index contributed by atoms with van der Waals surface area (Å²) < 4.78 is 0. The molecule has 1 rings (SSSR count). The minimum atomic E-state index is 0.135. The van der Waals surface area contributed by atoms with Crippen molar-refractivity contribution in [1.29, 1.82) is 0 Å². The lowest BCUT2D eigenvalue weighted by molar-refractivity contribution is -0.136. The van der Waals surface area contributed by atoms with Gasteiger partial charge in [0.25, 0.3) is 0 Å². The average Bonchev–Trinajstić information content (AvgIpc) is 2.35. The summed E-state index contributed by atoms with van der Waals surface area (Å²) in [6.45, 7) is 2.71. The third kappa shape index (κ3) is 3.78. The highest BCUT2D eigenvalue weighted by Gasteiger charge is 2.24. The first kappa shape index (κ1) is 13.5. The maximum absolute atomic E-state index is 12.1. The van der Waals surface area contributed by atoms with Crippen LogP contribution in [0.2, 0.25) is 0 Å². The van der Waals surface area contributed by atoms with Crippen molar-refractivity contribution < 1.29 is 4.79 Å². The fourth-order valence-electron chi connectivity index (χ4n) is 2.54. The van der Waals surface area contributed by atoms with Gasteiger partial charge in [-0.05, 0) is 32.2 Å². The number of amides is 1. The molecule has 0 heterocycles. The Morgan fingerprint density at radius 3 is 2.56 bits per heavy atom. The van der Waals surface area contributed by atoms with E-state index in [0.717, 1.165) is 12.8 Å². The molecule has 0 saturated heterocycles. The van der Waals surface area contributed by atoms with Crippen molar-refractivity contribution in [2.24, 2.45) is 11.7 Å². The minimum absolute atomic E-state index is 0.135. The molecule has 0 bridgehead atoms. The van der Waals surface area contributed by atoms with Gasteiger partial charge in [-0.15, -0.1) is 0 Å². The van der Waals surface area contributed by atoms with E-state index in [-0.39, 0.29) is 5.92 Å². The van der Waals surface area contributed by atoms with Gasteiger partial charge in [-0.25, -0.2) is 0 Å². The fraction of sp³-hybridized carbons (Fsp3) is 0.923. The summed E-state index contributed by atoms with van der Waals surface area (Å²) in [5, 5.41) is 0. The first-order valence-corrected chi connectivity index (χ1v) is 6.63. The summed E-state index contributed by atoms with van der Waals surface area (Å²) in [6, 6.07) is 0.488. The standard InChI is InChI=1S/C13H26N2O/c1-11(7-6-10-14)13(16)15(2)12-8-4-3-5-9-12/h11-12H,3-10,14H2,1-2H3. The molecule has 3 heteroatoms. The van der Waals surface area contributed by atoms with Gasteiger partial charge in [0.2, 0.25) is 5.91 Å². The maximum atomic E-state index is 12.1. The van der Waals surface area contributed by atoms with Crippen LogP contribution in [0.25, 0.3) is 0 Å². The van der Waals surface area contributed by atoms with Crippen LogP contribution in [0.1, 0.15) is 51.9 Å². The van der Waals surface area contributed by atoms with E-state index in [2.05, 4.69) is 0 Å². The van der Waals surface area contributed by atoms with E-state index in [1.165, 1.54) is 32.1 Å².